The van der Waals surface area contributed by atoms with Crippen LogP contribution in [0.15, 0.2) is 36.5 Å². The van der Waals surface area contributed by atoms with Crippen molar-refractivity contribution in [1.82, 2.24) is 14.8 Å². The SMILES string of the molecule is Fc1cc(-c2nn(C3CCCCO3)c3ccccc23)cnc1F. The van der Waals surface area contributed by atoms with Gasteiger partial charge in [0.2, 0.25) is 5.95 Å². The predicted octanol–water partition coefficient (Wildman–Crippen LogP) is 4.08. The van der Waals surface area contributed by atoms with Crippen molar-refractivity contribution >= 4 is 10.9 Å². The maximum Gasteiger partial charge on any atom is 0.248 e. The number of hydrogen-bond donors (Lipinski definition) is 0. The third-order valence-electron chi connectivity index (χ3n) is 4.11. The highest BCUT2D eigenvalue weighted by molar-refractivity contribution is 5.93. The average Bonchev–Trinajstić information content (AvgIpc) is 2.98. The second-order valence-corrected chi connectivity index (χ2v) is 5.63. The van der Waals surface area contributed by atoms with Gasteiger partial charge in [-0.25, -0.2) is 14.1 Å². The lowest BCUT2D eigenvalue weighted by atomic mass is 10.1. The van der Waals surface area contributed by atoms with Gasteiger partial charge in [-0.15, -0.1) is 0 Å². The Morgan fingerprint density at radius 1 is 1.17 bits per heavy atom. The van der Waals surface area contributed by atoms with Crippen molar-refractivity contribution in [3.63, 3.8) is 0 Å². The van der Waals surface area contributed by atoms with Gasteiger partial charge in [-0.3, -0.25) is 0 Å². The summed E-state index contributed by atoms with van der Waals surface area (Å²) in [7, 11) is 0. The molecular formula is C17H15F2N3O. The van der Waals surface area contributed by atoms with Crippen molar-refractivity contribution in [3.05, 3.63) is 48.3 Å². The molecule has 4 nitrogen and oxygen atoms in total. The smallest absolute Gasteiger partial charge is 0.248 e. The molecule has 0 saturated carbocycles. The Labute approximate surface area is 131 Å². The van der Waals surface area contributed by atoms with Crippen LogP contribution in [0.5, 0.6) is 0 Å². The number of rotatable bonds is 2. The zero-order valence-electron chi connectivity index (χ0n) is 12.4. The number of benzene rings is 1. The molecule has 23 heavy (non-hydrogen) atoms. The van der Waals surface area contributed by atoms with E-state index in [4.69, 9.17) is 4.74 Å². The number of aromatic nitrogens is 3. The molecule has 3 aromatic rings. The van der Waals surface area contributed by atoms with Crippen LogP contribution < -0.4 is 0 Å². The molecule has 1 atom stereocenters. The zero-order chi connectivity index (χ0) is 15.8. The second kappa shape index (κ2) is 5.70. The van der Waals surface area contributed by atoms with Crippen molar-refractivity contribution in [2.75, 3.05) is 6.61 Å². The van der Waals surface area contributed by atoms with Crippen molar-refractivity contribution < 1.29 is 13.5 Å². The molecule has 0 radical (unpaired) electrons. The lowest BCUT2D eigenvalue weighted by Crippen LogP contribution is -2.19. The first-order valence-corrected chi connectivity index (χ1v) is 7.64. The van der Waals surface area contributed by atoms with Gasteiger partial charge in [-0.1, -0.05) is 18.2 Å². The molecule has 1 aliphatic rings. The number of hydrogen-bond acceptors (Lipinski definition) is 3. The molecule has 1 aromatic carbocycles. The van der Waals surface area contributed by atoms with Crippen LogP contribution in [0.1, 0.15) is 25.5 Å². The molecule has 4 rings (SSSR count). The van der Waals surface area contributed by atoms with Crippen LogP contribution in [-0.2, 0) is 4.74 Å². The molecule has 0 spiro atoms. The van der Waals surface area contributed by atoms with Crippen molar-refractivity contribution in [1.29, 1.82) is 0 Å². The summed E-state index contributed by atoms with van der Waals surface area (Å²) in [6.07, 6.45) is 4.21. The second-order valence-electron chi connectivity index (χ2n) is 5.63. The predicted molar refractivity (Wildman–Crippen MR) is 81.7 cm³/mol. The van der Waals surface area contributed by atoms with Gasteiger partial charge in [0.05, 0.1) is 5.52 Å². The largest absolute Gasteiger partial charge is 0.356 e. The van der Waals surface area contributed by atoms with Crippen LogP contribution in [-0.4, -0.2) is 21.4 Å². The van der Waals surface area contributed by atoms with E-state index >= 15 is 0 Å². The highest BCUT2D eigenvalue weighted by Gasteiger charge is 2.21. The van der Waals surface area contributed by atoms with Gasteiger partial charge in [0.1, 0.15) is 5.69 Å². The van der Waals surface area contributed by atoms with Crippen molar-refractivity contribution in [2.24, 2.45) is 0 Å². The Kier molecular flexibility index (Phi) is 3.53. The number of fused-ring (bicyclic) bond motifs is 1. The molecular weight excluding hydrogens is 300 g/mol. The van der Waals surface area contributed by atoms with E-state index in [9.17, 15) is 8.78 Å². The van der Waals surface area contributed by atoms with E-state index in [0.29, 0.717) is 17.9 Å². The lowest BCUT2D eigenvalue weighted by Gasteiger charge is -2.23. The fourth-order valence-electron chi connectivity index (χ4n) is 2.99. The quantitative estimate of drug-likeness (QED) is 0.669. The van der Waals surface area contributed by atoms with Crippen LogP contribution in [0.4, 0.5) is 8.78 Å². The van der Waals surface area contributed by atoms with Gasteiger partial charge in [-0.05, 0) is 31.4 Å². The number of para-hydroxylation sites is 1. The van der Waals surface area contributed by atoms with Crippen LogP contribution >= 0.6 is 0 Å². The van der Waals surface area contributed by atoms with Gasteiger partial charge < -0.3 is 4.74 Å². The van der Waals surface area contributed by atoms with Crippen LogP contribution in [0.2, 0.25) is 0 Å². The Balaban J connectivity index is 1.88. The summed E-state index contributed by atoms with van der Waals surface area (Å²) in [5.74, 6) is -2.08. The Bertz CT molecular complexity index is 856. The first-order chi connectivity index (χ1) is 11.2. The van der Waals surface area contributed by atoms with E-state index in [0.717, 1.165) is 36.2 Å². The van der Waals surface area contributed by atoms with Crippen LogP contribution in [0.3, 0.4) is 0 Å². The molecule has 0 aliphatic carbocycles. The molecule has 1 unspecified atom stereocenters. The van der Waals surface area contributed by atoms with E-state index in [-0.39, 0.29) is 6.23 Å². The Morgan fingerprint density at radius 3 is 2.83 bits per heavy atom. The van der Waals surface area contributed by atoms with Gasteiger partial charge in [0, 0.05) is 23.8 Å². The zero-order valence-corrected chi connectivity index (χ0v) is 12.4. The summed E-state index contributed by atoms with van der Waals surface area (Å²) in [4.78, 5) is 3.46. The first kappa shape index (κ1) is 14.3. The Morgan fingerprint density at radius 2 is 2.04 bits per heavy atom. The average molecular weight is 315 g/mol. The molecule has 1 aliphatic heterocycles. The van der Waals surface area contributed by atoms with Crippen molar-refractivity contribution in [2.45, 2.75) is 25.5 Å². The minimum Gasteiger partial charge on any atom is -0.356 e. The fraction of sp³-hybridized carbons (Fsp3) is 0.294. The standard InChI is InChI=1S/C17H15F2N3O/c18-13-9-11(10-20-17(13)19)16-12-5-1-2-6-14(12)22(21-16)15-7-3-4-8-23-15/h1-2,5-6,9-10,15H,3-4,7-8H2. The van der Waals surface area contributed by atoms with Crippen LogP contribution in [0.25, 0.3) is 22.2 Å². The highest BCUT2D eigenvalue weighted by Crippen LogP contribution is 2.32. The molecule has 0 N–H and O–H groups in total. The minimum atomic E-state index is -1.10. The number of nitrogens with zero attached hydrogens (tertiary/aromatic N) is 3. The van der Waals surface area contributed by atoms with Gasteiger partial charge >= 0.3 is 0 Å². The molecule has 2 aromatic heterocycles. The number of ether oxygens (including phenoxy) is 1. The highest BCUT2D eigenvalue weighted by atomic mass is 19.2. The van der Waals surface area contributed by atoms with E-state index < -0.39 is 11.8 Å². The normalized spacial score (nSPS) is 18.4. The van der Waals surface area contributed by atoms with Gasteiger partial charge in [0.15, 0.2) is 12.0 Å². The summed E-state index contributed by atoms with van der Waals surface area (Å²) in [6.45, 7) is 0.709. The Hall–Kier alpha value is -2.34. The maximum atomic E-state index is 13.5. The molecule has 0 bridgehead atoms. The third kappa shape index (κ3) is 2.49. The fourth-order valence-corrected chi connectivity index (χ4v) is 2.99. The molecule has 3 heterocycles. The van der Waals surface area contributed by atoms with E-state index in [1.165, 1.54) is 6.20 Å². The van der Waals surface area contributed by atoms with E-state index in [2.05, 4.69) is 10.1 Å². The summed E-state index contributed by atoms with van der Waals surface area (Å²) in [6, 6.07) is 8.82. The molecule has 0 amide bonds. The maximum absolute atomic E-state index is 13.5. The summed E-state index contributed by atoms with van der Waals surface area (Å²) < 4.78 is 34.3. The lowest BCUT2D eigenvalue weighted by molar-refractivity contribution is -0.0365. The molecule has 1 fully saturated rings. The summed E-state index contributed by atoms with van der Waals surface area (Å²) >= 11 is 0. The summed E-state index contributed by atoms with van der Waals surface area (Å²) in [5.41, 5.74) is 1.95. The number of halogens is 2. The minimum absolute atomic E-state index is 0.124. The van der Waals surface area contributed by atoms with Gasteiger partial charge in [0.25, 0.3) is 0 Å². The molecule has 1 saturated heterocycles. The third-order valence-corrected chi connectivity index (χ3v) is 4.11. The monoisotopic (exact) mass is 315 g/mol. The van der Waals surface area contributed by atoms with E-state index in [1.54, 1.807) is 0 Å². The van der Waals surface area contributed by atoms with Crippen LogP contribution in [0, 0.1) is 11.8 Å². The first-order valence-electron chi connectivity index (χ1n) is 7.64. The van der Waals surface area contributed by atoms with Gasteiger partial charge in [-0.2, -0.15) is 9.49 Å². The van der Waals surface area contributed by atoms with E-state index in [1.807, 2.05) is 28.9 Å². The number of pyridine rings is 1. The van der Waals surface area contributed by atoms with Crippen molar-refractivity contribution in [3.8, 4) is 11.3 Å². The molecule has 118 valence electrons. The topological polar surface area (TPSA) is 39.9 Å². The summed E-state index contributed by atoms with van der Waals surface area (Å²) in [5, 5.41) is 5.49. The molecule has 6 heteroatoms.